The Kier molecular flexibility index (Phi) is 5.28. The minimum atomic E-state index is -2.65. The molecule has 0 amide bonds. The molecule has 0 aliphatic rings. The molecule has 4 rings (SSSR count). The summed E-state index contributed by atoms with van der Waals surface area (Å²) in [6.45, 7) is 2.16. The maximum absolute atomic E-state index is 2.65. The van der Waals surface area contributed by atoms with Gasteiger partial charge in [-0.15, -0.1) is 0 Å². The van der Waals surface area contributed by atoms with Crippen molar-refractivity contribution in [2.45, 2.75) is 12.1 Å². The molecule has 0 aromatic heterocycles. The first kappa shape index (κ1) is 17.8. The van der Waals surface area contributed by atoms with Gasteiger partial charge in [-0.3, -0.25) is 0 Å². The van der Waals surface area contributed by atoms with E-state index in [2.05, 4.69) is 122 Å². The van der Waals surface area contributed by atoms with Crippen molar-refractivity contribution in [1.29, 1.82) is 0 Å². The molecular formula is C26H24As. The van der Waals surface area contributed by atoms with Gasteiger partial charge in [0.25, 0.3) is 0 Å². The third kappa shape index (κ3) is 3.63. The molecule has 4 aromatic rings. The molecule has 1 heteroatoms. The predicted molar refractivity (Wildman–Crippen MR) is 119 cm³/mol. The second-order valence-corrected chi connectivity index (χ2v) is 14.3. The summed E-state index contributed by atoms with van der Waals surface area (Å²) < 4.78 is 4.48. The van der Waals surface area contributed by atoms with Crippen molar-refractivity contribution in [3.8, 4) is 0 Å². The topological polar surface area (TPSA) is 0 Å². The van der Waals surface area contributed by atoms with Crippen molar-refractivity contribution in [3.05, 3.63) is 126 Å². The Morgan fingerprint density at radius 3 is 1.22 bits per heavy atom. The molecule has 0 bridgehead atoms. The third-order valence-electron chi connectivity index (χ3n) is 5.13. The molecule has 4 aromatic carbocycles. The summed E-state index contributed by atoms with van der Waals surface area (Å²) in [4.78, 5) is 0. The molecule has 0 unspecified atom stereocenters. The molecule has 0 aliphatic carbocycles. The Morgan fingerprint density at radius 2 is 0.852 bits per heavy atom. The zero-order chi connectivity index (χ0) is 18.5. The number of aryl methyl sites for hydroxylation is 1. The molecule has 0 aliphatic heterocycles. The van der Waals surface area contributed by atoms with Gasteiger partial charge in [0.1, 0.15) is 0 Å². The van der Waals surface area contributed by atoms with Crippen LogP contribution in [-0.4, -0.2) is 13.6 Å². The summed E-state index contributed by atoms with van der Waals surface area (Å²) in [5.74, 6) is 0. The van der Waals surface area contributed by atoms with E-state index >= 15 is 0 Å². The Morgan fingerprint density at radius 1 is 0.481 bits per heavy atom. The summed E-state index contributed by atoms with van der Waals surface area (Å²) in [5.41, 5.74) is 2.73. The number of rotatable bonds is 5. The Balaban J connectivity index is 1.98. The van der Waals surface area contributed by atoms with Crippen molar-refractivity contribution in [2.75, 3.05) is 0 Å². The summed E-state index contributed by atoms with van der Waals surface area (Å²) in [5, 5.41) is 1.09. The van der Waals surface area contributed by atoms with Crippen LogP contribution >= 0.6 is 0 Å². The molecule has 0 N–H and O–H groups in total. The second kappa shape index (κ2) is 7.99. The van der Waals surface area contributed by atoms with E-state index in [1.165, 1.54) is 24.2 Å². The molecule has 0 heterocycles. The zero-order valence-corrected chi connectivity index (χ0v) is 17.5. The quantitative estimate of drug-likeness (QED) is 0.431. The van der Waals surface area contributed by atoms with Gasteiger partial charge in [0.15, 0.2) is 0 Å². The van der Waals surface area contributed by atoms with Crippen LogP contribution in [-0.2, 0) is 5.21 Å². The van der Waals surface area contributed by atoms with Gasteiger partial charge in [0.05, 0.1) is 0 Å². The monoisotopic (exact) mass is 411 g/mol. The van der Waals surface area contributed by atoms with Crippen LogP contribution in [0.25, 0.3) is 0 Å². The van der Waals surface area contributed by atoms with Crippen molar-refractivity contribution in [3.63, 3.8) is 0 Å². The van der Waals surface area contributed by atoms with E-state index in [0.717, 1.165) is 5.21 Å². The fourth-order valence-electron chi connectivity index (χ4n) is 3.74. The molecule has 0 saturated carbocycles. The van der Waals surface area contributed by atoms with E-state index in [-0.39, 0.29) is 0 Å². The minimum absolute atomic E-state index is 1.09. The molecule has 0 spiro atoms. The maximum atomic E-state index is 2.33. The van der Waals surface area contributed by atoms with Crippen LogP contribution in [0, 0.1) is 6.92 Å². The average molecular weight is 411 g/mol. The predicted octanol–water partition coefficient (Wildman–Crippen LogP) is 4.25. The van der Waals surface area contributed by atoms with Crippen LogP contribution in [0.15, 0.2) is 115 Å². The van der Waals surface area contributed by atoms with Gasteiger partial charge >= 0.3 is 165 Å². The second-order valence-electron chi connectivity index (χ2n) is 6.96. The summed E-state index contributed by atoms with van der Waals surface area (Å²) in [6.07, 6.45) is 0. The Labute approximate surface area is 165 Å². The van der Waals surface area contributed by atoms with E-state index < -0.39 is 13.6 Å². The van der Waals surface area contributed by atoms with Gasteiger partial charge < -0.3 is 0 Å². The Bertz CT molecular complexity index is 878. The fraction of sp³-hybridized carbons (Fsp3) is 0.0769. The van der Waals surface area contributed by atoms with E-state index in [9.17, 15) is 0 Å². The van der Waals surface area contributed by atoms with E-state index in [1.54, 1.807) is 0 Å². The number of hydrogen-bond acceptors (Lipinski definition) is 0. The van der Waals surface area contributed by atoms with Gasteiger partial charge in [-0.05, 0) is 0 Å². The normalized spacial score (nSPS) is 11.3. The molecule has 0 fully saturated rings. The van der Waals surface area contributed by atoms with Crippen LogP contribution in [0.3, 0.4) is 0 Å². The number of hydrogen-bond donors (Lipinski definition) is 0. The zero-order valence-electron chi connectivity index (χ0n) is 15.6. The molecule has 133 valence electrons. The molecule has 27 heavy (non-hydrogen) atoms. The van der Waals surface area contributed by atoms with Gasteiger partial charge in [-0.1, -0.05) is 0 Å². The average Bonchev–Trinajstić information content (AvgIpc) is 2.75. The number of benzene rings is 4. The van der Waals surface area contributed by atoms with Crippen LogP contribution < -0.4 is 13.1 Å². The van der Waals surface area contributed by atoms with Crippen LogP contribution in [0.5, 0.6) is 0 Å². The van der Waals surface area contributed by atoms with Crippen molar-refractivity contribution < 1.29 is 0 Å². The summed E-state index contributed by atoms with van der Waals surface area (Å²) >= 11 is -2.65. The van der Waals surface area contributed by atoms with Crippen LogP contribution in [0.4, 0.5) is 0 Å². The fourth-order valence-corrected chi connectivity index (χ4v) is 12.6. The molecule has 1 radical (unpaired) electrons. The van der Waals surface area contributed by atoms with Gasteiger partial charge in [0.2, 0.25) is 0 Å². The first-order valence-corrected chi connectivity index (χ1v) is 13.5. The van der Waals surface area contributed by atoms with Crippen molar-refractivity contribution in [1.82, 2.24) is 0 Å². The Hall–Kier alpha value is -2.56. The van der Waals surface area contributed by atoms with Crippen molar-refractivity contribution >= 4 is 26.6 Å². The molecular weight excluding hydrogens is 387 g/mol. The SMILES string of the molecule is Cc1ccc(C[As](c2ccccc2)(c2ccccc2)c2ccccc2)cc1. The van der Waals surface area contributed by atoms with E-state index in [4.69, 9.17) is 0 Å². The first-order valence-electron chi connectivity index (χ1n) is 9.39. The van der Waals surface area contributed by atoms with Crippen LogP contribution in [0.1, 0.15) is 11.1 Å². The van der Waals surface area contributed by atoms with Crippen LogP contribution in [0.2, 0.25) is 0 Å². The third-order valence-corrected chi connectivity index (χ3v) is 14.3. The van der Waals surface area contributed by atoms with E-state index in [1.807, 2.05) is 0 Å². The van der Waals surface area contributed by atoms with Gasteiger partial charge in [-0.25, -0.2) is 0 Å². The van der Waals surface area contributed by atoms with Crippen molar-refractivity contribution in [2.24, 2.45) is 0 Å². The summed E-state index contributed by atoms with van der Waals surface area (Å²) in [6, 6.07) is 42.6. The van der Waals surface area contributed by atoms with Gasteiger partial charge in [-0.2, -0.15) is 0 Å². The molecule has 0 nitrogen and oxygen atoms in total. The molecule has 0 atom stereocenters. The summed E-state index contributed by atoms with van der Waals surface area (Å²) in [7, 11) is 0. The van der Waals surface area contributed by atoms with Gasteiger partial charge in [0, 0.05) is 0 Å². The first-order chi connectivity index (χ1) is 13.3. The standard InChI is InChI=1S/C26H24As/c1-22-17-19-23(20-18-22)21-27(24-11-5-2-6-12-24,25-13-7-3-8-14-25)26-15-9-4-10-16-26/h2-20H,21H2,1H3. The molecule has 0 saturated heterocycles. The van der Waals surface area contributed by atoms with E-state index in [0.29, 0.717) is 0 Å².